The van der Waals surface area contributed by atoms with Crippen LogP contribution in [0, 0.1) is 0 Å². The molecule has 1 aromatic rings. The minimum Gasteiger partial charge on any atom is -0.162 e. The molecule has 1 rings (SSSR count). The van der Waals surface area contributed by atoms with Gasteiger partial charge in [0.15, 0.2) is 0 Å². The predicted octanol–water partition coefficient (Wildman–Crippen LogP) is 3.63. The lowest BCUT2D eigenvalue weighted by molar-refractivity contribution is 0.946. The monoisotopic (exact) mass is 200 g/mol. The summed E-state index contributed by atoms with van der Waals surface area (Å²) in [6, 6.07) is 8.08. The van der Waals surface area contributed by atoms with Crippen LogP contribution in [-0.4, -0.2) is 11.5 Å². The molecule has 0 nitrogen and oxygen atoms in total. The fourth-order valence-corrected chi connectivity index (χ4v) is 1.52. The summed E-state index contributed by atoms with van der Waals surface area (Å²) in [6.07, 6.45) is 3.26. The van der Waals surface area contributed by atoms with E-state index in [1.165, 1.54) is 5.56 Å². The van der Waals surface area contributed by atoms with Crippen LogP contribution in [0.3, 0.4) is 0 Å². The van der Waals surface area contributed by atoms with Gasteiger partial charge in [-0.25, -0.2) is 0 Å². The molecule has 0 aliphatic carbocycles. The van der Waals surface area contributed by atoms with Crippen molar-refractivity contribution in [2.75, 3.05) is 6.26 Å². The Bertz CT molecular complexity index is 230. The highest BCUT2D eigenvalue weighted by Crippen LogP contribution is 2.15. The first-order valence-corrected chi connectivity index (χ1v) is 5.66. The molecule has 0 bridgehead atoms. The minimum absolute atomic E-state index is 0.686. The number of hydrogen-bond acceptors (Lipinski definition) is 1. The molecule has 1 atom stereocenters. The van der Waals surface area contributed by atoms with E-state index in [-0.39, 0.29) is 0 Å². The second-order valence-electron chi connectivity index (χ2n) is 2.88. The van der Waals surface area contributed by atoms with Gasteiger partial charge < -0.3 is 0 Å². The van der Waals surface area contributed by atoms with Gasteiger partial charge in [0.2, 0.25) is 0 Å². The van der Waals surface area contributed by atoms with Crippen LogP contribution >= 0.6 is 23.4 Å². The van der Waals surface area contributed by atoms with Crippen molar-refractivity contribution in [3.05, 3.63) is 34.9 Å². The number of rotatable bonds is 3. The molecule has 0 heterocycles. The SMILES string of the molecule is CSC(C)Cc1ccc(Cl)cc1. The van der Waals surface area contributed by atoms with Gasteiger partial charge in [0, 0.05) is 10.3 Å². The zero-order valence-electron chi connectivity index (χ0n) is 7.38. The third kappa shape index (κ3) is 3.08. The molecular formula is C10H13ClS. The van der Waals surface area contributed by atoms with Gasteiger partial charge in [-0.15, -0.1) is 0 Å². The topological polar surface area (TPSA) is 0 Å². The molecule has 0 amide bonds. The number of thioether (sulfide) groups is 1. The fraction of sp³-hybridized carbons (Fsp3) is 0.400. The maximum absolute atomic E-state index is 5.78. The van der Waals surface area contributed by atoms with E-state index < -0.39 is 0 Å². The Kier molecular flexibility index (Phi) is 3.96. The first kappa shape index (κ1) is 9.94. The van der Waals surface area contributed by atoms with Gasteiger partial charge in [-0.1, -0.05) is 30.7 Å². The minimum atomic E-state index is 0.686. The summed E-state index contributed by atoms with van der Waals surface area (Å²) in [5.41, 5.74) is 1.36. The molecule has 0 radical (unpaired) electrons. The summed E-state index contributed by atoms with van der Waals surface area (Å²) in [5, 5.41) is 1.50. The second kappa shape index (κ2) is 4.78. The lowest BCUT2D eigenvalue weighted by atomic mass is 10.1. The zero-order chi connectivity index (χ0) is 8.97. The lowest BCUT2D eigenvalue weighted by Gasteiger charge is -2.07. The lowest BCUT2D eigenvalue weighted by Crippen LogP contribution is -1.99. The van der Waals surface area contributed by atoms with Crippen molar-refractivity contribution in [3.63, 3.8) is 0 Å². The highest BCUT2D eigenvalue weighted by molar-refractivity contribution is 7.99. The quantitative estimate of drug-likeness (QED) is 0.718. The van der Waals surface area contributed by atoms with Crippen molar-refractivity contribution in [1.82, 2.24) is 0 Å². The Morgan fingerprint density at radius 2 is 1.92 bits per heavy atom. The van der Waals surface area contributed by atoms with Crippen LogP contribution in [0.4, 0.5) is 0 Å². The molecule has 0 saturated heterocycles. The molecule has 0 saturated carbocycles. The first-order valence-electron chi connectivity index (χ1n) is 3.99. The van der Waals surface area contributed by atoms with E-state index in [4.69, 9.17) is 11.6 Å². The Balaban J connectivity index is 2.58. The molecule has 0 aliphatic rings. The van der Waals surface area contributed by atoms with Crippen LogP contribution < -0.4 is 0 Å². The number of benzene rings is 1. The van der Waals surface area contributed by atoms with Crippen LogP contribution in [0.2, 0.25) is 5.02 Å². The van der Waals surface area contributed by atoms with E-state index in [2.05, 4.69) is 25.3 Å². The summed E-state index contributed by atoms with van der Waals surface area (Å²) in [6.45, 7) is 2.24. The molecule has 2 heteroatoms. The third-order valence-electron chi connectivity index (χ3n) is 1.84. The molecule has 0 N–H and O–H groups in total. The van der Waals surface area contributed by atoms with E-state index in [1.807, 2.05) is 23.9 Å². The fourth-order valence-electron chi connectivity index (χ4n) is 1.04. The number of halogens is 1. The molecule has 66 valence electrons. The standard InChI is InChI=1S/C10H13ClS/c1-8(12-2)7-9-3-5-10(11)6-4-9/h3-6,8H,7H2,1-2H3. The average Bonchev–Trinajstić information content (AvgIpc) is 2.09. The Morgan fingerprint density at radius 3 is 2.42 bits per heavy atom. The van der Waals surface area contributed by atoms with E-state index >= 15 is 0 Å². The van der Waals surface area contributed by atoms with Gasteiger partial charge in [0.25, 0.3) is 0 Å². The maximum atomic E-state index is 5.78. The molecular weight excluding hydrogens is 188 g/mol. The van der Waals surface area contributed by atoms with Gasteiger partial charge in [-0.2, -0.15) is 11.8 Å². The molecule has 1 aromatic carbocycles. The van der Waals surface area contributed by atoms with Crippen LogP contribution in [-0.2, 0) is 6.42 Å². The summed E-state index contributed by atoms with van der Waals surface area (Å²) < 4.78 is 0. The summed E-state index contributed by atoms with van der Waals surface area (Å²) >= 11 is 7.67. The largest absolute Gasteiger partial charge is 0.162 e. The molecule has 0 aromatic heterocycles. The van der Waals surface area contributed by atoms with Crippen molar-refractivity contribution < 1.29 is 0 Å². The van der Waals surface area contributed by atoms with Gasteiger partial charge in [0.1, 0.15) is 0 Å². The predicted molar refractivity (Wildman–Crippen MR) is 58.1 cm³/mol. The van der Waals surface area contributed by atoms with Crippen LogP contribution in [0.25, 0.3) is 0 Å². The van der Waals surface area contributed by atoms with Crippen molar-refractivity contribution in [2.24, 2.45) is 0 Å². The van der Waals surface area contributed by atoms with Crippen molar-refractivity contribution in [1.29, 1.82) is 0 Å². The van der Waals surface area contributed by atoms with Gasteiger partial charge in [-0.3, -0.25) is 0 Å². The van der Waals surface area contributed by atoms with E-state index in [0.717, 1.165) is 11.4 Å². The van der Waals surface area contributed by atoms with Crippen molar-refractivity contribution >= 4 is 23.4 Å². The summed E-state index contributed by atoms with van der Waals surface area (Å²) in [5.74, 6) is 0. The van der Waals surface area contributed by atoms with Gasteiger partial charge in [0.05, 0.1) is 0 Å². The van der Waals surface area contributed by atoms with Crippen molar-refractivity contribution in [3.8, 4) is 0 Å². The summed E-state index contributed by atoms with van der Waals surface area (Å²) in [7, 11) is 0. The highest BCUT2D eigenvalue weighted by atomic mass is 35.5. The first-order chi connectivity index (χ1) is 5.72. The normalized spacial score (nSPS) is 12.9. The third-order valence-corrected chi connectivity index (χ3v) is 3.06. The Hall–Kier alpha value is -0.140. The highest BCUT2D eigenvalue weighted by Gasteiger charge is 2.00. The molecule has 1 unspecified atom stereocenters. The average molecular weight is 201 g/mol. The molecule has 0 spiro atoms. The molecule has 12 heavy (non-hydrogen) atoms. The second-order valence-corrected chi connectivity index (χ2v) is 4.59. The maximum Gasteiger partial charge on any atom is 0.0406 e. The molecule has 0 aliphatic heterocycles. The van der Waals surface area contributed by atoms with E-state index in [0.29, 0.717) is 5.25 Å². The zero-order valence-corrected chi connectivity index (χ0v) is 8.95. The van der Waals surface area contributed by atoms with Gasteiger partial charge in [-0.05, 0) is 30.4 Å². The molecule has 0 fully saturated rings. The Morgan fingerprint density at radius 1 is 1.33 bits per heavy atom. The van der Waals surface area contributed by atoms with Crippen LogP contribution in [0.1, 0.15) is 12.5 Å². The Labute approximate surface area is 83.3 Å². The van der Waals surface area contributed by atoms with Crippen LogP contribution in [0.5, 0.6) is 0 Å². The van der Waals surface area contributed by atoms with Crippen molar-refractivity contribution in [2.45, 2.75) is 18.6 Å². The van der Waals surface area contributed by atoms with Crippen LogP contribution in [0.15, 0.2) is 24.3 Å². The number of hydrogen-bond donors (Lipinski definition) is 0. The van der Waals surface area contributed by atoms with Gasteiger partial charge >= 0.3 is 0 Å². The van der Waals surface area contributed by atoms with E-state index in [9.17, 15) is 0 Å². The smallest absolute Gasteiger partial charge is 0.0406 e. The summed E-state index contributed by atoms with van der Waals surface area (Å²) in [4.78, 5) is 0. The van der Waals surface area contributed by atoms with E-state index in [1.54, 1.807) is 0 Å².